The number of hydrogen-bond donors (Lipinski definition) is 1. The molecule has 2 aliphatic heterocycles. The Kier molecular flexibility index (Phi) is 3.89. The zero-order chi connectivity index (χ0) is 20.9. The van der Waals surface area contributed by atoms with E-state index in [9.17, 15) is 8.78 Å². The highest BCUT2D eigenvalue weighted by Gasteiger charge is 2.41. The van der Waals surface area contributed by atoms with E-state index in [4.69, 9.17) is 4.74 Å². The van der Waals surface area contributed by atoms with Crippen LogP contribution in [0.4, 0.5) is 14.7 Å². The second kappa shape index (κ2) is 6.77. The monoisotopic (exact) mass is 414 g/mol. The van der Waals surface area contributed by atoms with Gasteiger partial charge in [0.1, 0.15) is 29.8 Å². The number of para-hydroxylation sites is 1. The van der Waals surface area contributed by atoms with Crippen LogP contribution in [0.1, 0.15) is 28.8 Å². The van der Waals surface area contributed by atoms with Gasteiger partial charge in [0.25, 0.3) is 0 Å². The van der Waals surface area contributed by atoms with Crippen molar-refractivity contribution in [2.45, 2.75) is 12.1 Å². The van der Waals surface area contributed by atoms with Gasteiger partial charge in [0.05, 0.1) is 5.70 Å². The molecule has 2 atom stereocenters. The lowest BCUT2D eigenvalue weighted by Gasteiger charge is -2.39. The molecule has 4 aromatic rings. The molecule has 3 aromatic carbocycles. The van der Waals surface area contributed by atoms with Crippen molar-refractivity contribution in [1.29, 1.82) is 0 Å². The molecule has 0 fully saturated rings. The van der Waals surface area contributed by atoms with Crippen LogP contribution in [0.25, 0.3) is 5.70 Å². The number of ether oxygens (including phenoxy) is 1. The van der Waals surface area contributed by atoms with E-state index in [1.165, 1.54) is 24.5 Å². The van der Waals surface area contributed by atoms with Crippen LogP contribution in [-0.4, -0.2) is 14.8 Å². The van der Waals surface area contributed by atoms with E-state index in [2.05, 4.69) is 15.4 Å². The summed E-state index contributed by atoms with van der Waals surface area (Å²) in [5.74, 6) is 0.507. The number of benzene rings is 3. The van der Waals surface area contributed by atoms with Crippen LogP contribution in [0.3, 0.4) is 0 Å². The minimum absolute atomic E-state index is 0.332. The number of rotatable bonds is 2. The lowest BCUT2D eigenvalue weighted by Crippen LogP contribution is -2.32. The predicted molar refractivity (Wildman–Crippen MR) is 111 cm³/mol. The average Bonchev–Trinajstić information content (AvgIpc) is 3.27. The number of nitrogens with zero attached hydrogens (tertiary/aromatic N) is 3. The van der Waals surface area contributed by atoms with Crippen LogP contribution in [0.5, 0.6) is 5.75 Å². The van der Waals surface area contributed by atoms with Gasteiger partial charge in [0.15, 0.2) is 6.10 Å². The summed E-state index contributed by atoms with van der Waals surface area (Å²) in [5.41, 5.74) is 3.65. The molecule has 1 aromatic heterocycles. The Morgan fingerprint density at radius 1 is 0.903 bits per heavy atom. The number of halogens is 2. The highest BCUT2D eigenvalue weighted by molar-refractivity contribution is 5.85. The van der Waals surface area contributed by atoms with E-state index in [0.717, 1.165) is 22.4 Å². The summed E-state index contributed by atoms with van der Waals surface area (Å²) in [6, 6.07) is 20.0. The van der Waals surface area contributed by atoms with Crippen molar-refractivity contribution in [3.63, 3.8) is 0 Å². The van der Waals surface area contributed by atoms with Crippen molar-refractivity contribution < 1.29 is 13.5 Å². The van der Waals surface area contributed by atoms with E-state index >= 15 is 0 Å². The minimum atomic E-state index is -0.703. The summed E-state index contributed by atoms with van der Waals surface area (Å²) in [5, 5.41) is 7.76. The number of fused-ring (bicyclic) bond motifs is 3. The molecule has 2 unspecified atom stereocenters. The highest BCUT2D eigenvalue weighted by Crippen LogP contribution is 2.50. The minimum Gasteiger partial charge on any atom is -0.480 e. The van der Waals surface area contributed by atoms with Gasteiger partial charge in [-0.15, -0.1) is 0 Å². The van der Waals surface area contributed by atoms with Gasteiger partial charge in [0, 0.05) is 16.7 Å². The molecule has 0 radical (unpaired) electrons. The Balaban J connectivity index is 1.65. The van der Waals surface area contributed by atoms with Crippen LogP contribution < -0.4 is 10.1 Å². The van der Waals surface area contributed by atoms with Crippen molar-refractivity contribution >= 4 is 11.6 Å². The molecule has 3 heterocycles. The maximum Gasteiger partial charge on any atom is 0.226 e. The first kappa shape index (κ1) is 17.8. The van der Waals surface area contributed by atoms with Gasteiger partial charge in [-0.1, -0.05) is 42.5 Å². The maximum absolute atomic E-state index is 14.9. The molecule has 0 amide bonds. The third kappa shape index (κ3) is 2.73. The molecule has 1 N–H and O–H groups in total. The van der Waals surface area contributed by atoms with Gasteiger partial charge in [-0.2, -0.15) is 10.1 Å². The molecule has 0 spiro atoms. The van der Waals surface area contributed by atoms with Crippen molar-refractivity contribution in [3.8, 4) is 5.75 Å². The van der Waals surface area contributed by atoms with Crippen molar-refractivity contribution in [3.05, 3.63) is 113 Å². The summed E-state index contributed by atoms with van der Waals surface area (Å²) < 4.78 is 36.7. The van der Waals surface area contributed by atoms with Crippen molar-refractivity contribution in [1.82, 2.24) is 14.8 Å². The quantitative estimate of drug-likeness (QED) is 0.495. The van der Waals surface area contributed by atoms with Gasteiger partial charge in [0.2, 0.25) is 5.95 Å². The molecule has 6 rings (SSSR count). The fraction of sp³-hybridized carbons (Fsp3) is 0.0833. The average molecular weight is 414 g/mol. The summed E-state index contributed by atoms with van der Waals surface area (Å²) in [6.07, 6.45) is 0.758. The van der Waals surface area contributed by atoms with Crippen LogP contribution in [-0.2, 0) is 0 Å². The first-order valence-electron chi connectivity index (χ1n) is 9.87. The van der Waals surface area contributed by atoms with E-state index in [1.54, 1.807) is 35.0 Å². The molecule has 5 nitrogen and oxygen atoms in total. The molecule has 7 heteroatoms. The van der Waals surface area contributed by atoms with Crippen molar-refractivity contribution in [2.24, 2.45) is 0 Å². The van der Waals surface area contributed by atoms with Crippen LogP contribution in [0.15, 0.2) is 84.7 Å². The zero-order valence-corrected chi connectivity index (χ0v) is 16.2. The summed E-state index contributed by atoms with van der Waals surface area (Å²) >= 11 is 0. The zero-order valence-electron chi connectivity index (χ0n) is 16.2. The van der Waals surface area contributed by atoms with Crippen LogP contribution in [0, 0.1) is 11.6 Å². The third-order valence-electron chi connectivity index (χ3n) is 5.69. The van der Waals surface area contributed by atoms with Gasteiger partial charge >= 0.3 is 0 Å². The largest absolute Gasteiger partial charge is 0.480 e. The third-order valence-corrected chi connectivity index (χ3v) is 5.69. The fourth-order valence-corrected chi connectivity index (χ4v) is 4.33. The molecule has 152 valence electrons. The summed E-state index contributed by atoms with van der Waals surface area (Å²) in [4.78, 5) is 4.35. The number of anilines is 1. The first-order valence-corrected chi connectivity index (χ1v) is 9.87. The van der Waals surface area contributed by atoms with Gasteiger partial charge < -0.3 is 10.1 Å². The Bertz CT molecular complexity index is 1330. The van der Waals surface area contributed by atoms with Crippen LogP contribution in [0.2, 0.25) is 0 Å². The van der Waals surface area contributed by atoms with Gasteiger partial charge in [-0.3, -0.25) is 0 Å². The molecule has 2 aliphatic rings. The fourth-order valence-electron chi connectivity index (χ4n) is 4.33. The van der Waals surface area contributed by atoms with Crippen molar-refractivity contribution in [2.75, 3.05) is 5.32 Å². The van der Waals surface area contributed by atoms with Crippen LogP contribution >= 0.6 is 0 Å². The molecule has 0 bridgehead atoms. The lowest BCUT2D eigenvalue weighted by atomic mass is 9.84. The molecular weight excluding hydrogens is 398 g/mol. The highest BCUT2D eigenvalue weighted by atomic mass is 19.1. The lowest BCUT2D eigenvalue weighted by molar-refractivity contribution is 0.218. The van der Waals surface area contributed by atoms with E-state index in [-0.39, 0.29) is 11.6 Å². The summed E-state index contributed by atoms with van der Waals surface area (Å²) in [6.45, 7) is 0. The standard InChI is InChI=1S/C24H16F2N4O/c25-15-11-9-14(10-12-15)22-20-21(29-24-27-13-28-30(22)24)17-6-2-4-8-19(17)31-23(20)16-5-1-3-7-18(16)26/h1-13,22-23H,(H,27,28,29). The number of hydrogen-bond acceptors (Lipinski definition) is 4. The Labute approximate surface area is 176 Å². The maximum atomic E-state index is 14.9. The second-order valence-corrected chi connectivity index (χ2v) is 7.45. The molecule has 31 heavy (non-hydrogen) atoms. The van der Waals surface area contributed by atoms with Gasteiger partial charge in [-0.05, 0) is 35.9 Å². The van der Waals surface area contributed by atoms with E-state index < -0.39 is 12.1 Å². The Morgan fingerprint density at radius 3 is 2.52 bits per heavy atom. The SMILES string of the molecule is Fc1ccc(C2C3=C(Nc4ncnn42)c2ccccc2OC3c2ccccc2F)cc1. The molecular formula is C24H16F2N4O. The summed E-state index contributed by atoms with van der Waals surface area (Å²) in [7, 11) is 0. The second-order valence-electron chi connectivity index (χ2n) is 7.45. The molecule has 0 saturated carbocycles. The number of aromatic nitrogens is 3. The van der Waals surface area contributed by atoms with Gasteiger partial charge in [-0.25, -0.2) is 13.5 Å². The number of nitrogens with one attached hydrogen (secondary N) is 1. The Morgan fingerprint density at radius 2 is 1.68 bits per heavy atom. The Hall–Kier alpha value is -4.00. The smallest absolute Gasteiger partial charge is 0.226 e. The van der Waals surface area contributed by atoms with E-state index in [1.807, 2.05) is 24.3 Å². The predicted octanol–water partition coefficient (Wildman–Crippen LogP) is 5.12. The topological polar surface area (TPSA) is 52.0 Å². The van der Waals surface area contributed by atoms with E-state index in [0.29, 0.717) is 17.3 Å². The first-order chi connectivity index (χ1) is 15.2. The normalized spacial score (nSPS) is 19.0. The molecule has 0 saturated heterocycles. The molecule has 0 aliphatic carbocycles.